The first-order chi connectivity index (χ1) is 7.86. The Morgan fingerprint density at radius 2 is 2.24 bits per heavy atom. The number of hydrogen-bond acceptors (Lipinski definition) is 4. The fourth-order valence-electron chi connectivity index (χ4n) is 2.12. The number of carbonyl (C=O) groups excluding carboxylic acids is 2. The largest absolute Gasteiger partial charge is 0.396 e. The molecule has 0 saturated carbocycles. The van der Waals surface area contributed by atoms with Crippen LogP contribution in [0.15, 0.2) is 0 Å². The molecule has 0 aromatic heterocycles. The van der Waals surface area contributed by atoms with E-state index in [1.165, 1.54) is 11.8 Å². The zero-order chi connectivity index (χ0) is 13.1. The number of nitrogens with zero attached hydrogens (tertiary/aromatic N) is 1. The van der Waals surface area contributed by atoms with E-state index in [1.807, 2.05) is 18.7 Å². The predicted octanol–water partition coefficient (Wildman–Crippen LogP) is 1.28. The molecule has 1 saturated heterocycles. The summed E-state index contributed by atoms with van der Waals surface area (Å²) in [5.41, 5.74) is -0.290. The predicted molar refractivity (Wildman–Crippen MR) is 68.7 cm³/mol. The van der Waals surface area contributed by atoms with Gasteiger partial charge in [0.05, 0.1) is 0 Å². The average molecular weight is 259 g/mol. The van der Waals surface area contributed by atoms with Crippen molar-refractivity contribution >= 4 is 22.8 Å². The third kappa shape index (κ3) is 4.00. The van der Waals surface area contributed by atoms with Gasteiger partial charge in [-0.3, -0.25) is 9.59 Å². The lowest BCUT2D eigenvalue weighted by Gasteiger charge is -2.35. The molecular formula is C12H21NO3S. The third-order valence-corrected chi connectivity index (χ3v) is 4.23. The summed E-state index contributed by atoms with van der Waals surface area (Å²) in [4.78, 5) is 24.6. The molecule has 1 unspecified atom stereocenters. The fraction of sp³-hybridized carbons (Fsp3) is 0.833. The van der Waals surface area contributed by atoms with Crippen molar-refractivity contribution in [2.75, 3.05) is 18.9 Å². The molecule has 1 aliphatic heterocycles. The quantitative estimate of drug-likeness (QED) is 0.808. The minimum Gasteiger partial charge on any atom is -0.396 e. The van der Waals surface area contributed by atoms with Crippen molar-refractivity contribution in [3.8, 4) is 0 Å². The smallest absolute Gasteiger partial charge is 0.223 e. The standard InChI is InChI=1S/C12H21NO3S/c1-9(15)17-8-10-6-11(16)13(7-10)12(2,3)4-5-14/h10,14H,4-8H2,1-3H3. The van der Waals surface area contributed by atoms with Crippen LogP contribution in [0.2, 0.25) is 0 Å². The summed E-state index contributed by atoms with van der Waals surface area (Å²) in [5.74, 6) is 1.11. The second-order valence-corrected chi connectivity index (χ2v) is 6.36. The minimum absolute atomic E-state index is 0.0869. The van der Waals surface area contributed by atoms with Crippen LogP contribution in [0.1, 0.15) is 33.6 Å². The maximum atomic E-state index is 11.9. The zero-order valence-corrected chi connectivity index (χ0v) is 11.5. The summed E-state index contributed by atoms with van der Waals surface area (Å²) in [6.45, 7) is 6.29. The lowest BCUT2D eigenvalue weighted by molar-refractivity contribution is -0.132. The molecule has 1 rings (SSSR count). The molecule has 17 heavy (non-hydrogen) atoms. The van der Waals surface area contributed by atoms with Gasteiger partial charge in [0.2, 0.25) is 5.91 Å². The molecule has 0 spiro atoms. The number of likely N-dealkylation sites (tertiary alicyclic amines) is 1. The number of amides is 1. The van der Waals surface area contributed by atoms with Gasteiger partial charge in [-0.25, -0.2) is 0 Å². The molecule has 1 N–H and O–H groups in total. The molecule has 0 aromatic rings. The highest BCUT2D eigenvalue weighted by molar-refractivity contribution is 8.13. The van der Waals surface area contributed by atoms with Gasteiger partial charge in [-0.1, -0.05) is 11.8 Å². The van der Waals surface area contributed by atoms with Crippen LogP contribution in [-0.4, -0.2) is 45.5 Å². The normalized spacial score (nSPS) is 21.1. The van der Waals surface area contributed by atoms with Crippen molar-refractivity contribution in [2.24, 2.45) is 5.92 Å². The first-order valence-electron chi connectivity index (χ1n) is 5.91. The van der Waals surface area contributed by atoms with Crippen LogP contribution in [0.5, 0.6) is 0 Å². The average Bonchev–Trinajstić information content (AvgIpc) is 2.57. The van der Waals surface area contributed by atoms with E-state index in [0.29, 0.717) is 25.1 Å². The summed E-state index contributed by atoms with van der Waals surface area (Å²) in [7, 11) is 0. The highest BCUT2D eigenvalue weighted by atomic mass is 32.2. The second kappa shape index (κ2) is 5.87. The number of thioether (sulfide) groups is 1. The summed E-state index contributed by atoms with van der Waals surface area (Å²) < 4.78 is 0. The molecule has 1 fully saturated rings. The van der Waals surface area contributed by atoms with Crippen molar-refractivity contribution in [1.29, 1.82) is 0 Å². The monoisotopic (exact) mass is 259 g/mol. The molecule has 0 radical (unpaired) electrons. The van der Waals surface area contributed by atoms with Crippen LogP contribution >= 0.6 is 11.8 Å². The number of rotatable bonds is 5. The molecule has 0 bridgehead atoms. The van der Waals surface area contributed by atoms with Gasteiger partial charge in [-0.05, 0) is 26.2 Å². The Morgan fingerprint density at radius 1 is 1.59 bits per heavy atom. The fourth-order valence-corrected chi connectivity index (χ4v) is 2.82. The molecule has 1 amide bonds. The third-order valence-electron chi connectivity index (χ3n) is 3.18. The van der Waals surface area contributed by atoms with Gasteiger partial charge in [-0.2, -0.15) is 0 Å². The van der Waals surface area contributed by atoms with Gasteiger partial charge in [0.25, 0.3) is 0 Å². The van der Waals surface area contributed by atoms with Gasteiger partial charge in [-0.15, -0.1) is 0 Å². The molecule has 1 atom stereocenters. The number of aliphatic hydroxyl groups is 1. The van der Waals surface area contributed by atoms with Gasteiger partial charge in [0, 0.05) is 37.8 Å². The Morgan fingerprint density at radius 3 is 2.76 bits per heavy atom. The first kappa shape index (κ1) is 14.5. The maximum Gasteiger partial charge on any atom is 0.223 e. The van der Waals surface area contributed by atoms with E-state index >= 15 is 0 Å². The van der Waals surface area contributed by atoms with Crippen LogP contribution in [0, 0.1) is 5.92 Å². The van der Waals surface area contributed by atoms with E-state index in [9.17, 15) is 9.59 Å². The molecular weight excluding hydrogens is 238 g/mol. The van der Waals surface area contributed by atoms with Crippen LogP contribution in [0.4, 0.5) is 0 Å². The zero-order valence-electron chi connectivity index (χ0n) is 10.7. The Bertz CT molecular complexity index is 304. The molecule has 5 heteroatoms. The summed E-state index contributed by atoms with van der Waals surface area (Å²) in [5, 5.41) is 9.11. The van der Waals surface area contributed by atoms with Gasteiger partial charge in [0.1, 0.15) is 0 Å². The van der Waals surface area contributed by atoms with Crippen LogP contribution in [0.25, 0.3) is 0 Å². The molecule has 98 valence electrons. The van der Waals surface area contributed by atoms with Crippen LogP contribution in [0.3, 0.4) is 0 Å². The van der Waals surface area contributed by atoms with E-state index in [2.05, 4.69) is 0 Å². The van der Waals surface area contributed by atoms with E-state index in [-0.39, 0.29) is 29.1 Å². The Balaban J connectivity index is 2.54. The van der Waals surface area contributed by atoms with Crippen LogP contribution < -0.4 is 0 Å². The van der Waals surface area contributed by atoms with Crippen LogP contribution in [-0.2, 0) is 9.59 Å². The van der Waals surface area contributed by atoms with E-state index in [1.54, 1.807) is 6.92 Å². The van der Waals surface area contributed by atoms with Crippen molar-refractivity contribution in [3.63, 3.8) is 0 Å². The number of aliphatic hydroxyl groups excluding tert-OH is 1. The van der Waals surface area contributed by atoms with Crippen molar-refractivity contribution in [1.82, 2.24) is 4.90 Å². The summed E-state index contributed by atoms with van der Waals surface area (Å²) in [6, 6.07) is 0. The molecule has 1 heterocycles. The molecule has 0 aliphatic carbocycles. The van der Waals surface area contributed by atoms with E-state index < -0.39 is 0 Å². The lowest BCUT2D eigenvalue weighted by Crippen LogP contribution is -2.45. The van der Waals surface area contributed by atoms with Crippen molar-refractivity contribution in [2.45, 2.75) is 39.2 Å². The molecule has 0 aromatic carbocycles. The Kier molecular flexibility index (Phi) is 5.01. The van der Waals surface area contributed by atoms with Gasteiger partial charge < -0.3 is 10.0 Å². The highest BCUT2D eigenvalue weighted by Crippen LogP contribution is 2.29. The molecule has 1 aliphatic rings. The Hall–Kier alpha value is -0.550. The van der Waals surface area contributed by atoms with E-state index in [0.717, 1.165) is 0 Å². The first-order valence-corrected chi connectivity index (χ1v) is 6.90. The Labute approximate surface area is 107 Å². The molecule has 4 nitrogen and oxygen atoms in total. The summed E-state index contributed by atoms with van der Waals surface area (Å²) >= 11 is 1.29. The van der Waals surface area contributed by atoms with E-state index in [4.69, 9.17) is 5.11 Å². The maximum absolute atomic E-state index is 11.9. The SMILES string of the molecule is CC(=O)SCC1CC(=O)N(C(C)(C)CCO)C1. The lowest BCUT2D eigenvalue weighted by atomic mass is 9.99. The number of hydrogen-bond donors (Lipinski definition) is 1. The van der Waals surface area contributed by atoms with Crippen molar-refractivity contribution < 1.29 is 14.7 Å². The van der Waals surface area contributed by atoms with Crippen molar-refractivity contribution in [3.05, 3.63) is 0 Å². The van der Waals surface area contributed by atoms with Gasteiger partial charge in [0.15, 0.2) is 5.12 Å². The van der Waals surface area contributed by atoms with Gasteiger partial charge >= 0.3 is 0 Å². The second-order valence-electron chi connectivity index (χ2n) is 5.16. The topological polar surface area (TPSA) is 57.6 Å². The summed E-state index contributed by atoms with van der Waals surface area (Å²) in [6.07, 6.45) is 1.11. The highest BCUT2D eigenvalue weighted by Gasteiger charge is 2.38. The number of carbonyl (C=O) groups is 2. The minimum atomic E-state index is -0.290.